The van der Waals surface area contributed by atoms with Crippen molar-refractivity contribution < 1.29 is 4.79 Å². The van der Waals surface area contributed by atoms with Gasteiger partial charge in [-0.1, -0.05) is 44.2 Å². The van der Waals surface area contributed by atoms with Gasteiger partial charge >= 0.3 is 0 Å². The Morgan fingerprint density at radius 2 is 2.21 bits per heavy atom. The van der Waals surface area contributed by atoms with Crippen molar-refractivity contribution in [1.82, 2.24) is 10.3 Å². The summed E-state index contributed by atoms with van der Waals surface area (Å²) in [5.74, 6) is 0.0863. The predicted octanol–water partition coefficient (Wildman–Crippen LogP) is 3.41. The molecule has 1 unspecified atom stereocenters. The molecule has 1 aromatic heterocycles. The van der Waals surface area contributed by atoms with Crippen LogP contribution in [0.15, 0.2) is 12.3 Å². The molecule has 0 aromatic carbocycles. The Labute approximate surface area is 119 Å². The number of halogens is 1. The second-order valence-electron chi connectivity index (χ2n) is 4.81. The fourth-order valence-electron chi connectivity index (χ4n) is 1.83. The summed E-state index contributed by atoms with van der Waals surface area (Å²) < 4.78 is 0. The molecule has 1 aromatic rings. The highest BCUT2D eigenvalue weighted by atomic mass is 35.5. The Balaban J connectivity index is 2.43. The number of nitrogens with zero attached hydrogens (tertiary/aromatic N) is 1. The smallest absolute Gasteiger partial charge is 0.253 e. The Morgan fingerprint density at radius 1 is 1.47 bits per heavy atom. The van der Waals surface area contributed by atoms with E-state index < -0.39 is 0 Å². The maximum Gasteiger partial charge on any atom is 0.253 e. The van der Waals surface area contributed by atoms with Crippen LogP contribution in [0.3, 0.4) is 0 Å². The molecule has 106 valence electrons. The summed E-state index contributed by atoms with van der Waals surface area (Å²) in [5, 5.41) is 3.25. The molecule has 0 saturated carbocycles. The monoisotopic (exact) mass is 283 g/mol. The van der Waals surface area contributed by atoms with Crippen molar-refractivity contribution in [2.24, 2.45) is 0 Å². The molecule has 1 amide bonds. The van der Waals surface area contributed by atoms with Gasteiger partial charge < -0.3 is 11.1 Å². The second-order valence-corrected chi connectivity index (χ2v) is 5.22. The summed E-state index contributed by atoms with van der Waals surface area (Å²) in [6, 6.07) is 1.70. The van der Waals surface area contributed by atoms with Crippen LogP contribution in [0, 0.1) is 0 Å². The van der Waals surface area contributed by atoms with Crippen molar-refractivity contribution in [2.75, 3.05) is 5.73 Å². The maximum absolute atomic E-state index is 12.0. The molecule has 0 aliphatic heterocycles. The van der Waals surface area contributed by atoms with Crippen LogP contribution in [-0.2, 0) is 0 Å². The third kappa shape index (κ3) is 5.47. The summed E-state index contributed by atoms with van der Waals surface area (Å²) in [6.07, 6.45) is 7.25. The third-order valence-electron chi connectivity index (χ3n) is 3.00. The van der Waals surface area contributed by atoms with Gasteiger partial charge in [-0.2, -0.15) is 0 Å². The van der Waals surface area contributed by atoms with Gasteiger partial charge in [-0.25, -0.2) is 4.98 Å². The number of pyridine rings is 1. The van der Waals surface area contributed by atoms with Crippen LogP contribution >= 0.6 is 11.6 Å². The fraction of sp³-hybridized carbons (Fsp3) is 0.571. The van der Waals surface area contributed by atoms with Crippen LogP contribution in [0.25, 0.3) is 0 Å². The minimum atomic E-state index is -0.155. The lowest BCUT2D eigenvalue weighted by atomic mass is 10.1. The number of nitrogens with one attached hydrogen (secondary N) is 1. The molecule has 1 atom stereocenters. The number of aromatic nitrogens is 1. The van der Waals surface area contributed by atoms with Gasteiger partial charge in [0.1, 0.15) is 5.82 Å². The molecule has 0 radical (unpaired) electrons. The number of hydrogen-bond donors (Lipinski definition) is 2. The highest BCUT2D eigenvalue weighted by molar-refractivity contribution is 6.33. The number of unbranched alkanes of at least 4 members (excludes halogenated alkanes) is 3. The number of hydrogen-bond acceptors (Lipinski definition) is 3. The molecule has 0 saturated heterocycles. The van der Waals surface area contributed by atoms with Gasteiger partial charge in [0.05, 0.1) is 10.6 Å². The van der Waals surface area contributed by atoms with Crippen LogP contribution in [0.4, 0.5) is 5.82 Å². The largest absolute Gasteiger partial charge is 0.382 e. The molecule has 0 aliphatic rings. The molecule has 0 spiro atoms. The molecular weight excluding hydrogens is 262 g/mol. The van der Waals surface area contributed by atoms with E-state index >= 15 is 0 Å². The van der Waals surface area contributed by atoms with E-state index in [1.165, 1.54) is 25.5 Å². The van der Waals surface area contributed by atoms with E-state index in [9.17, 15) is 4.79 Å². The summed E-state index contributed by atoms with van der Waals surface area (Å²) in [7, 11) is 0. The minimum Gasteiger partial charge on any atom is -0.382 e. The van der Waals surface area contributed by atoms with Crippen LogP contribution in [-0.4, -0.2) is 16.9 Å². The number of rotatable bonds is 7. The normalized spacial score (nSPS) is 12.2. The first kappa shape index (κ1) is 15.8. The zero-order chi connectivity index (χ0) is 14.3. The van der Waals surface area contributed by atoms with E-state index in [0.29, 0.717) is 10.6 Å². The number of carbonyl (C=O) groups is 1. The van der Waals surface area contributed by atoms with Gasteiger partial charge in [0, 0.05) is 12.2 Å². The molecule has 0 bridgehead atoms. The molecule has 5 heteroatoms. The molecule has 4 nitrogen and oxygen atoms in total. The SMILES string of the molecule is CCCCCCC(C)NC(=O)c1cnc(N)c(Cl)c1. The van der Waals surface area contributed by atoms with Crippen molar-refractivity contribution >= 4 is 23.3 Å². The Bertz CT molecular complexity index is 423. The van der Waals surface area contributed by atoms with Crippen molar-refractivity contribution in [3.05, 3.63) is 22.8 Å². The van der Waals surface area contributed by atoms with Gasteiger partial charge in [0.2, 0.25) is 0 Å². The molecule has 1 rings (SSSR count). The lowest BCUT2D eigenvalue weighted by Crippen LogP contribution is -2.32. The van der Waals surface area contributed by atoms with Crippen LogP contribution in [0.1, 0.15) is 56.3 Å². The zero-order valence-corrected chi connectivity index (χ0v) is 12.3. The van der Waals surface area contributed by atoms with E-state index in [2.05, 4.69) is 17.2 Å². The predicted molar refractivity (Wildman–Crippen MR) is 79.3 cm³/mol. The van der Waals surface area contributed by atoms with Gasteiger partial charge in [0.15, 0.2) is 0 Å². The summed E-state index contributed by atoms with van der Waals surface area (Å²) in [5.41, 5.74) is 5.95. The summed E-state index contributed by atoms with van der Waals surface area (Å²) >= 11 is 5.85. The van der Waals surface area contributed by atoms with Crippen LogP contribution < -0.4 is 11.1 Å². The molecule has 0 fully saturated rings. The van der Waals surface area contributed by atoms with Crippen molar-refractivity contribution in [2.45, 2.75) is 52.0 Å². The van der Waals surface area contributed by atoms with Crippen molar-refractivity contribution in [1.29, 1.82) is 0 Å². The van der Waals surface area contributed by atoms with Crippen molar-refractivity contribution in [3.63, 3.8) is 0 Å². The molecule has 1 heterocycles. The Morgan fingerprint density at radius 3 is 2.84 bits per heavy atom. The van der Waals surface area contributed by atoms with Gasteiger partial charge in [-0.15, -0.1) is 0 Å². The van der Waals surface area contributed by atoms with E-state index in [4.69, 9.17) is 17.3 Å². The fourth-order valence-corrected chi connectivity index (χ4v) is 2.00. The highest BCUT2D eigenvalue weighted by Gasteiger charge is 2.11. The lowest BCUT2D eigenvalue weighted by molar-refractivity contribution is 0.0937. The highest BCUT2D eigenvalue weighted by Crippen LogP contribution is 2.16. The number of nitrogen functional groups attached to an aromatic ring is 1. The zero-order valence-electron chi connectivity index (χ0n) is 11.6. The van der Waals surface area contributed by atoms with E-state index in [-0.39, 0.29) is 17.8 Å². The average Bonchev–Trinajstić information content (AvgIpc) is 2.38. The second kappa shape index (κ2) is 8.00. The number of nitrogens with two attached hydrogens (primary N) is 1. The van der Waals surface area contributed by atoms with Crippen molar-refractivity contribution in [3.8, 4) is 0 Å². The summed E-state index contributed by atoms with van der Waals surface area (Å²) in [6.45, 7) is 4.19. The van der Waals surface area contributed by atoms with E-state index in [1.807, 2.05) is 6.92 Å². The number of anilines is 1. The number of amides is 1. The lowest BCUT2D eigenvalue weighted by Gasteiger charge is -2.13. The average molecular weight is 284 g/mol. The van der Waals surface area contributed by atoms with E-state index in [1.54, 1.807) is 6.07 Å². The molecule has 0 aliphatic carbocycles. The topological polar surface area (TPSA) is 68.0 Å². The molecule has 3 N–H and O–H groups in total. The first-order valence-electron chi connectivity index (χ1n) is 6.76. The standard InChI is InChI=1S/C14H22ClN3O/c1-3-4-5-6-7-10(2)18-14(19)11-8-12(15)13(16)17-9-11/h8-10H,3-7H2,1-2H3,(H2,16,17)(H,18,19). The summed E-state index contributed by atoms with van der Waals surface area (Å²) in [4.78, 5) is 15.8. The van der Waals surface area contributed by atoms with Crippen LogP contribution in [0.2, 0.25) is 5.02 Å². The maximum atomic E-state index is 12.0. The first-order chi connectivity index (χ1) is 9.04. The minimum absolute atomic E-state index is 0.153. The van der Waals surface area contributed by atoms with Crippen LogP contribution in [0.5, 0.6) is 0 Å². The third-order valence-corrected chi connectivity index (χ3v) is 3.30. The molecule has 19 heavy (non-hydrogen) atoms. The van der Waals surface area contributed by atoms with Gasteiger partial charge in [-0.3, -0.25) is 4.79 Å². The number of carbonyl (C=O) groups excluding carboxylic acids is 1. The molecular formula is C14H22ClN3O. The quantitative estimate of drug-likeness (QED) is 0.754. The van der Waals surface area contributed by atoms with Gasteiger partial charge in [-0.05, 0) is 19.4 Å². The van der Waals surface area contributed by atoms with Gasteiger partial charge in [0.25, 0.3) is 5.91 Å². The Hall–Kier alpha value is -1.29. The first-order valence-corrected chi connectivity index (χ1v) is 7.14. The van der Waals surface area contributed by atoms with E-state index in [0.717, 1.165) is 12.8 Å². The Kier molecular flexibility index (Phi) is 6.64.